The highest BCUT2D eigenvalue weighted by Gasteiger charge is 2.27. The fraction of sp³-hybridized carbons (Fsp3) is 0.250. The highest BCUT2D eigenvalue weighted by Crippen LogP contribution is 2.21. The van der Waals surface area contributed by atoms with Gasteiger partial charge < -0.3 is 5.32 Å². The topological polar surface area (TPSA) is 66.5 Å². The van der Waals surface area contributed by atoms with Crippen LogP contribution in [0.3, 0.4) is 0 Å². The largest absolute Gasteiger partial charge is 0.341 e. The molecule has 1 amide bonds. The second kappa shape index (κ2) is 8.33. The fourth-order valence-corrected chi connectivity index (χ4v) is 4.28. The minimum absolute atomic E-state index is 0.129. The van der Waals surface area contributed by atoms with Crippen molar-refractivity contribution in [2.75, 3.05) is 19.6 Å². The molecule has 0 bridgehead atoms. The number of hydrogen-bond donors (Lipinski definition) is 1. The van der Waals surface area contributed by atoms with Crippen LogP contribution in [-0.2, 0) is 10.0 Å². The van der Waals surface area contributed by atoms with Crippen molar-refractivity contribution in [3.63, 3.8) is 0 Å². The van der Waals surface area contributed by atoms with Gasteiger partial charge >= 0.3 is 0 Å². The van der Waals surface area contributed by atoms with Crippen molar-refractivity contribution in [2.45, 2.75) is 17.7 Å². The van der Waals surface area contributed by atoms with Crippen LogP contribution < -0.4 is 5.32 Å². The molecule has 0 unspecified atom stereocenters. The molecular formula is C20H19FN2O3S. The summed E-state index contributed by atoms with van der Waals surface area (Å²) in [7, 11) is -3.48. The summed E-state index contributed by atoms with van der Waals surface area (Å²) in [6.07, 6.45) is 1.75. The quantitative estimate of drug-likeness (QED) is 0.821. The molecule has 1 aliphatic rings. The van der Waals surface area contributed by atoms with Gasteiger partial charge in [-0.05, 0) is 61.4 Å². The number of nitrogens with one attached hydrogen (secondary N) is 1. The number of halogens is 1. The lowest BCUT2D eigenvalue weighted by Gasteiger charge is -2.15. The minimum atomic E-state index is -3.48. The molecular weight excluding hydrogens is 367 g/mol. The molecule has 1 saturated heterocycles. The van der Waals surface area contributed by atoms with E-state index in [-0.39, 0.29) is 23.2 Å². The van der Waals surface area contributed by atoms with Crippen molar-refractivity contribution in [3.8, 4) is 11.8 Å². The van der Waals surface area contributed by atoms with Crippen molar-refractivity contribution in [1.82, 2.24) is 9.62 Å². The van der Waals surface area contributed by atoms with E-state index in [0.29, 0.717) is 24.2 Å². The maximum Gasteiger partial charge on any atom is 0.252 e. The van der Waals surface area contributed by atoms with Gasteiger partial charge in [0.05, 0.1) is 11.4 Å². The number of carbonyl (C=O) groups excluding carboxylic acids is 1. The molecule has 0 radical (unpaired) electrons. The van der Waals surface area contributed by atoms with E-state index >= 15 is 0 Å². The third-order valence-electron chi connectivity index (χ3n) is 4.23. The molecule has 0 aromatic heterocycles. The number of rotatable bonds is 4. The number of benzene rings is 2. The summed E-state index contributed by atoms with van der Waals surface area (Å²) < 4.78 is 39.2. The van der Waals surface area contributed by atoms with Gasteiger partial charge in [-0.25, -0.2) is 12.8 Å². The first-order valence-electron chi connectivity index (χ1n) is 8.60. The van der Waals surface area contributed by atoms with Crippen LogP contribution in [0.25, 0.3) is 0 Å². The Morgan fingerprint density at radius 1 is 1.04 bits per heavy atom. The Morgan fingerprint density at radius 2 is 1.67 bits per heavy atom. The third-order valence-corrected chi connectivity index (χ3v) is 6.15. The Kier molecular flexibility index (Phi) is 5.89. The molecule has 1 aliphatic heterocycles. The fourth-order valence-electron chi connectivity index (χ4n) is 2.76. The predicted octanol–water partition coefficient (Wildman–Crippen LogP) is 2.39. The van der Waals surface area contributed by atoms with Crippen molar-refractivity contribution in [1.29, 1.82) is 0 Å². The summed E-state index contributed by atoms with van der Waals surface area (Å²) in [6, 6.07) is 11.6. The number of nitrogens with zero attached hydrogens (tertiary/aromatic N) is 1. The van der Waals surface area contributed by atoms with Gasteiger partial charge in [0.1, 0.15) is 5.82 Å². The Balaban J connectivity index is 1.58. The van der Waals surface area contributed by atoms with Crippen molar-refractivity contribution in [2.24, 2.45) is 0 Å². The standard InChI is InChI=1S/C20H19FN2O3S/c21-18-9-5-16(6-10-18)4-3-13-22-20(24)17-7-11-19(12-8-17)27(25,26)23-14-1-2-15-23/h5-12H,1-2,13-15H2,(H,22,24). The molecule has 2 aromatic carbocycles. The zero-order valence-electron chi connectivity index (χ0n) is 14.6. The number of carbonyl (C=O) groups is 1. The van der Waals surface area contributed by atoms with Crippen LogP contribution >= 0.6 is 0 Å². The summed E-state index contributed by atoms with van der Waals surface area (Å²) in [6.45, 7) is 1.21. The molecule has 2 aromatic rings. The lowest BCUT2D eigenvalue weighted by atomic mass is 10.2. The zero-order chi connectivity index (χ0) is 19.3. The molecule has 27 heavy (non-hydrogen) atoms. The molecule has 5 nitrogen and oxygen atoms in total. The highest BCUT2D eigenvalue weighted by molar-refractivity contribution is 7.89. The molecule has 3 rings (SSSR count). The van der Waals surface area contributed by atoms with E-state index < -0.39 is 10.0 Å². The van der Waals surface area contributed by atoms with Crippen molar-refractivity contribution < 1.29 is 17.6 Å². The van der Waals surface area contributed by atoms with Gasteiger partial charge in [-0.15, -0.1) is 0 Å². The molecule has 0 atom stereocenters. The Labute approximate surface area is 158 Å². The van der Waals surface area contributed by atoms with Crippen LogP contribution in [0.5, 0.6) is 0 Å². The molecule has 1 heterocycles. The first-order valence-corrected chi connectivity index (χ1v) is 10.0. The average Bonchev–Trinajstić information content (AvgIpc) is 3.22. The maximum atomic E-state index is 12.8. The molecule has 7 heteroatoms. The van der Waals surface area contributed by atoms with Crippen LogP contribution in [-0.4, -0.2) is 38.3 Å². The van der Waals surface area contributed by atoms with E-state index in [4.69, 9.17) is 0 Å². The van der Waals surface area contributed by atoms with E-state index in [1.165, 1.54) is 40.7 Å². The lowest BCUT2D eigenvalue weighted by Crippen LogP contribution is -2.28. The lowest BCUT2D eigenvalue weighted by molar-refractivity contribution is 0.0958. The Hall–Kier alpha value is -2.69. The summed E-state index contributed by atoms with van der Waals surface area (Å²) in [5, 5.41) is 2.65. The molecule has 0 spiro atoms. The van der Waals surface area contributed by atoms with Gasteiger partial charge in [0.25, 0.3) is 5.91 Å². The van der Waals surface area contributed by atoms with Crippen LogP contribution in [0, 0.1) is 17.7 Å². The third kappa shape index (κ3) is 4.73. The second-order valence-electron chi connectivity index (χ2n) is 6.13. The van der Waals surface area contributed by atoms with Gasteiger partial charge in [-0.3, -0.25) is 4.79 Å². The van der Waals surface area contributed by atoms with E-state index in [0.717, 1.165) is 12.8 Å². The number of amides is 1. The number of hydrogen-bond acceptors (Lipinski definition) is 3. The van der Waals surface area contributed by atoms with Gasteiger partial charge in [-0.1, -0.05) is 11.8 Å². The second-order valence-corrected chi connectivity index (χ2v) is 8.06. The predicted molar refractivity (Wildman–Crippen MR) is 100 cm³/mol. The summed E-state index contributed by atoms with van der Waals surface area (Å²) in [5.74, 6) is 4.94. The molecule has 0 aliphatic carbocycles. The minimum Gasteiger partial charge on any atom is -0.341 e. The summed E-state index contributed by atoms with van der Waals surface area (Å²) in [5.41, 5.74) is 1.01. The van der Waals surface area contributed by atoms with Gasteiger partial charge in [0.15, 0.2) is 0 Å². The van der Waals surface area contributed by atoms with Crippen molar-refractivity contribution >= 4 is 15.9 Å². The van der Waals surface area contributed by atoms with E-state index in [9.17, 15) is 17.6 Å². The molecule has 140 valence electrons. The molecule has 1 N–H and O–H groups in total. The SMILES string of the molecule is O=C(NCC#Cc1ccc(F)cc1)c1ccc(S(=O)(=O)N2CCCC2)cc1. The smallest absolute Gasteiger partial charge is 0.252 e. The monoisotopic (exact) mass is 386 g/mol. The van der Waals surface area contributed by atoms with Gasteiger partial charge in [-0.2, -0.15) is 4.31 Å². The van der Waals surface area contributed by atoms with Crippen molar-refractivity contribution in [3.05, 3.63) is 65.5 Å². The van der Waals surface area contributed by atoms with Crippen LogP contribution in [0.2, 0.25) is 0 Å². The average molecular weight is 386 g/mol. The molecule has 1 fully saturated rings. The first-order chi connectivity index (χ1) is 13.0. The van der Waals surface area contributed by atoms with E-state index in [2.05, 4.69) is 17.2 Å². The summed E-state index contributed by atoms with van der Waals surface area (Å²) >= 11 is 0. The Bertz CT molecular complexity index is 969. The zero-order valence-corrected chi connectivity index (χ0v) is 15.4. The van der Waals surface area contributed by atoms with Crippen LogP contribution in [0.1, 0.15) is 28.8 Å². The van der Waals surface area contributed by atoms with Crippen LogP contribution in [0.4, 0.5) is 4.39 Å². The molecule has 0 saturated carbocycles. The maximum absolute atomic E-state index is 12.8. The van der Waals surface area contributed by atoms with Gasteiger partial charge in [0, 0.05) is 24.2 Å². The van der Waals surface area contributed by atoms with Crippen LogP contribution in [0.15, 0.2) is 53.4 Å². The highest BCUT2D eigenvalue weighted by atomic mass is 32.2. The normalized spacial score (nSPS) is 14.4. The van der Waals surface area contributed by atoms with E-state index in [1.807, 2.05) is 0 Å². The van der Waals surface area contributed by atoms with E-state index in [1.54, 1.807) is 12.1 Å². The summed E-state index contributed by atoms with van der Waals surface area (Å²) in [4.78, 5) is 12.3. The van der Waals surface area contributed by atoms with Gasteiger partial charge in [0.2, 0.25) is 10.0 Å². The number of sulfonamides is 1. The first kappa shape index (κ1) is 19.1. The Morgan fingerprint density at radius 3 is 2.30 bits per heavy atom.